The smallest absolute Gasteiger partial charge is 0.303 e. The number of rotatable bonds is 11. The number of hydrogen-bond donors (Lipinski definition) is 2. The predicted octanol–water partition coefficient (Wildman–Crippen LogP) is 6.01. The summed E-state index contributed by atoms with van der Waals surface area (Å²) in [6.45, 7) is 2.22. The van der Waals surface area contributed by atoms with Gasteiger partial charge in [-0.25, -0.2) is 9.37 Å². The molecule has 3 aromatic carbocycles. The van der Waals surface area contributed by atoms with E-state index in [4.69, 9.17) is 25.9 Å². The van der Waals surface area contributed by atoms with Crippen LogP contribution in [-0.2, 0) is 24.2 Å². The van der Waals surface area contributed by atoms with Gasteiger partial charge in [-0.2, -0.15) is 0 Å². The molecule has 196 valence electrons. The fourth-order valence-electron chi connectivity index (χ4n) is 3.95. The first-order valence-electron chi connectivity index (χ1n) is 12.0. The zero-order valence-electron chi connectivity index (χ0n) is 20.7. The molecule has 0 radical (unpaired) electrons. The summed E-state index contributed by atoms with van der Waals surface area (Å²) in [6, 6.07) is 18.9. The van der Waals surface area contributed by atoms with E-state index >= 15 is 0 Å². The first kappa shape index (κ1) is 26.9. The third-order valence-corrected chi connectivity index (χ3v) is 6.25. The second-order valence-electron chi connectivity index (χ2n) is 8.59. The number of ether oxygens (including phenoxy) is 1. The van der Waals surface area contributed by atoms with Gasteiger partial charge in [-0.15, -0.1) is 0 Å². The lowest BCUT2D eigenvalue weighted by Gasteiger charge is -2.14. The highest BCUT2D eigenvalue weighted by atomic mass is 35.5. The molecule has 0 unspecified atom stereocenters. The highest BCUT2D eigenvalue weighted by Gasteiger charge is 2.17. The fourth-order valence-corrected chi connectivity index (χ4v) is 4.20. The van der Waals surface area contributed by atoms with Gasteiger partial charge in [-0.05, 0) is 60.9 Å². The molecule has 4 rings (SSSR count). The van der Waals surface area contributed by atoms with Crippen molar-refractivity contribution in [2.24, 2.45) is 0 Å². The van der Waals surface area contributed by atoms with E-state index in [1.54, 1.807) is 18.2 Å². The molecule has 0 saturated carbocycles. The van der Waals surface area contributed by atoms with Gasteiger partial charge in [0.15, 0.2) is 0 Å². The maximum atomic E-state index is 14.1. The van der Waals surface area contributed by atoms with E-state index in [1.807, 2.05) is 37.3 Å². The van der Waals surface area contributed by atoms with Gasteiger partial charge < -0.3 is 19.6 Å². The summed E-state index contributed by atoms with van der Waals surface area (Å²) in [5.41, 5.74) is 2.83. The maximum absolute atomic E-state index is 14.1. The number of halogens is 2. The average Bonchev–Trinajstić information content (AvgIpc) is 3.27. The number of nitrogens with one attached hydrogen (secondary N) is 1. The van der Waals surface area contributed by atoms with Crippen LogP contribution in [0.5, 0.6) is 5.75 Å². The predicted molar refractivity (Wildman–Crippen MR) is 141 cm³/mol. The molecule has 0 bridgehead atoms. The number of aryl methyl sites for hydroxylation is 2. The number of nitrogens with zero attached hydrogens (tertiary/aromatic N) is 1. The third-order valence-electron chi connectivity index (χ3n) is 5.94. The largest absolute Gasteiger partial charge is 0.493 e. The van der Waals surface area contributed by atoms with Crippen molar-refractivity contribution in [3.05, 3.63) is 106 Å². The zero-order chi connectivity index (χ0) is 27.1. The Morgan fingerprint density at radius 1 is 1.05 bits per heavy atom. The SMILES string of the molecule is Cc1oc(-c2ccccc2)nc1CCOc1ccc(CCC(=O)O)c(CNC(=O)c2c(F)cccc2Cl)c1. The minimum Gasteiger partial charge on any atom is -0.493 e. The Balaban J connectivity index is 1.44. The summed E-state index contributed by atoms with van der Waals surface area (Å²) in [7, 11) is 0. The standard InChI is InChI=1S/C29H26ClFN2O5/c1-18-25(33-29(38-18)20-6-3-2-4-7-20)14-15-37-22-12-10-19(11-13-26(34)35)21(16-22)17-32-28(36)27-23(30)8-5-9-24(27)31/h2-10,12,16H,11,13-15,17H2,1H3,(H,32,36)(H,34,35). The topological polar surface area (TPSA) is 102 Å². The molecule has 1 amide bonds. The number of carbonyl (C=O) groups is 2. The maximum Gasteiger partial charge on any atom is 0.303 e. The Labute approximate surface area is 224 Å². The van der Waals surface area contributed by atoms with Crippen LogP contribution < -0.4 is 10.1 Å². The molecule has 1 aromatic heterocycles. The van der Waals surface area contributed by atoms with E-state index in [1.165, 1.54) is 12.1 Å². The molecular formula is C29H26ClFN2O5. The van der Waals surface area contributed by atoms with Crippen LogP contribution in [-0.4, -0.2) is 28.6 Å². The summed E-state index contributed by atoms with van der Waals surface area (Å²) in [5.74, 6) is -0.519. The minimum atomic E-state index is -0.934. The van der Waals surface area contributed by atoms with Crippen molar-refractivity contribution in [2.75, 3.05) is 6.61 Å². The Kier molecular flexibility index (Phi) is 8.76. The monoisotopic (exact) mass is 536 g/mol. The van der Waals surface area contributed by atoms with Crippen molar-refractivity contribution in [2.45, 2.75) is 32.7 Å². The first-order valence-corrected chi connectivity index (χ1v) is 12.4. The van der Waals surface area contributed by atoms with E-state index in [0.717, 1.165) is 22.9 Å². The second-order valence-corrected chi connectivity index (χ2v) is 9.00. The van der Waals surface area contributed by atoms with Gasteiger partial charge in [0.25, 0.3) is 5.91 Å². The Morgan fingerprint density at radius 2 is 1.84 bits per heavy atom. The molecule has 9 heteroatoms. The van der Waals surface area contributed by atoms with Gasteiger partial charge >= 0.3 is 5.97 Å². The molecule has 0 fully saturated rings. The van der Waals surface area contributed by atoms with Crippen LogP contribution in [0.2, 0.25) is 5.02 Å². The molecule has 0 aliphatic heterocycles. The zero-order valence-corrected chi connectivity index (χ0v) is 21.4. The molecule has 1 heterocycles. The number of hydrogen-bond acceptors (Lipinski definition) is 5. The number of carboxylic acids is 1. The number of oxazole rings is 1. The summed E-state index contributed by atoms with van der Waals surface area (Å²) in [5, 5.41) is 11.8. The van der Waals surface area contributed by atoms with Gasteiger partial charge in [0.05, 0.1) is 22.9 Å². The van der Waals surface area contributed by atoms with Crippen LogP contribution in [0.1, 0.15) is 39.4 Å². The number of aromatic nitrogens is 1. The molecule has 0 aliphatic carbocycles. The Hall–Kier alpha value is -4.17. The van der Waals surface area contributed by atoms with E-state index in [9.17, 15) is 14.0 Å². The lowest BCUT2D eigenvalue weighted by atomic mass is 10.0. The summed E-state index contributed by atoms with van der Waals surface area (Å²) in [6.07, 6.45) is 0.706. The van der Waals surface area contributed by atoms with Gasteiger partial charge in [0.2, 0.25) is 5.89 Å². The van der Waals surface area contributed by atoms with Crippen LogP contribution in [0.3, 0.4) is 0 Å². The lowest BCUT2D eigenvalue weighted by molar-refractivity contribution is -0.136. The minimum absolute atomic E-state index is 0.00394. The third kappa shape index (κ3) is 6.77. The van der Waals surface area contributed by atoms with Crippen LogP contribution in [0.25, 0.3) is 11.5 Å². The lowest BCUT2D eigenvalue weighted by Crippen LogP contribution is -2.25. The Bertz CT molecular complexity index is 1420. The summed E-state index contributed by atoms with van der Waals surface area (Å²) >= 11 is 6.00. The molecule has 2 N–H and O–H groups in total. The Morgan fingerprint density at radius 3 is 2.58 bits per heavy atom. The highest BCUT2D eigenvalue weighted by molar-refractivity contribution is 6.33. The number of carboxylic acid groups (broad SMARTS) is 1. The fraction of sp³-hybridized carbons (Fsp3) is 0.207. The summed E-state index contributed by atoms with van der Waals surface area (Å²) < 4.78 is 25.9. The number of carbonyl (C=O) groups excluding carboxylic acids is 1. The number of benzene rings is 3. The van der Waals surface area contributed by atoms with Gasteiger partial charge in [0, 0.05) is 24.9 Å². The quantitative estimate of drug-likeness (QED) is 0.243. The second kappa shape index (κ2) is 12.4. The average molecular weight is 537 g/mol. The molecule has 4 aromatic rings. The van der Waals surface area contributed by atoms with Gasteiger partial charge in [-0.3, -0.25) is 9.59 Å². The normalized spacial score (nSPS) is 10.8. The molecule has 0 saturated heterocycles. The number of amides is 1. The van der Waals surface area contributed by atoms with Crippen LogP contribution >= 0.6 is 11.6 Å². The highest BCUT2D eigenvalue weighted by Crippen LogP contribution is 2.24. The number of aliphatic carboxylic acids is 1. The summed E-state index contributed by atoms with van der Waals surface area (Å²) in [4.78, 5) is 28.3. The van der Waals surface area contributed by atoms with Gasteiger partial charge in [0.1, 0.15) is 17.3 Å². The van der Waals surface area contributed by atoms with Crippen molar-refractivity contribution in [3.8, 4) is 17.2 Å². The van der Waals surface area contributed by atoms with E-state index < -0.39 is 17.7 Å². The molecule has 38 heavy (non-hydrogen) atoms. The van der Waals surface area contributed by atoms with E-state index in [0.29, 0.717) is 36.0 Å². The van der Waals surface area contributed by atoms with Crippen molar-refractivity contribution < 1.29 is 28.2 Å². The van der Waals surface area contributed by atoms with E-state index in [2.05, 4.69) is 10.3 Å². The molecule has 0 atom stereocenters. The van der Waals surface area contributed by atoms with Crippen LogP contribution in [0, 0.1) is 12.7 Å². The molecule has 0 aliphatic rings. The van der Waals surface area contributed by atoms with Crippen molar-refractivity contribution in [1.29, 1.82) is 0 Å². The van der Waals surface area contributed by atoms with Crippen molar-refractivity contribution in [3.63, 3.8) is 0 Å². The van der Waals surface area contributed by atoms with Gasteiger partial charge in [-0.1, -0.05) is 41.9 Å². The van der Waals surface area contributed by atoms with E-state index in [-0.39, 0.29) is 30.0 Å². The molecule has 0 spiro atoms. The van der Waals surface area contributed by atoms with Crippen LogP contribution in [0.4, 0.5) is 4.39 Å². The van der Waals surface area contributed by atoms with Crippen molar-refractivity contribution in [1.82, 2.24) is 10.3 Å². The van der Waals surface area contributed by atoms with Crippen molar-refractivity contribution >= 4 is 23.5 Å². The first-order chi connectivity index (χ1) is 18.3. The molecular weight excluding hydrogens is 511 g/mol. The molecule has 7 nitrogen and oxygen atoms in total. The van der Waals surface area contributed by atoms with Crippen LogP contribution in [0.15, 0.2) is 71.1 Å².